The summed E-state index contributed by atoms with van der Waals surface area (Å²) in [6, 6.07) is 5.53. The van der Waals surface area contributed by atoms with Crippen molar-refractivity contribution in [2.45, 2.75) is 18.6 Å². The summed E-state index contributed by atoms with van der Waals surface area (Å²) in [7, 11) is 0. The molecule has 1 amide bonds. The van der Waals surface area contributed by atoms with Crippen molar-refractivity contribution in [3.05, 3.63) is 41.4 Å². The SMILES string of the molecule is O=C(N[C@H]1CCOC1)c1nc2ccc(Oc3ncc(Cl)cc3OCC(F)(F)F)cc2o1. The van der Waals surface area contributed by atoms with E-state index in [0.717, 1.165) is 6.07 Å². The Balaban J connectivity index is 1.52. The van der Waals surface area contributed by atoms with Crippen LogP contribution >= 0.6 is 11.6 Å². The van der Waals surface area contributed by atoms with Crippen LogP contribution in [-0.4, -0.2) is 47.9 Å². The number of carbonyl (C=O) groups is 1. The van der Waals surface area contributed by atoms with Crippen LogP contribution in [0, 0.1) is 0 Å². The molecule has 0 unspecified atom stereocenters. The molecule has 1 N–H and O–H groups in total. The van der Waals surface area contributed by atoms with Crippen molar-refractivity contribution in [3.8, 4) is 17.4 Å². The van der Waals surface area contributed by atoms with Crippen LogP contribution in [0.25, 0.3) is 11.1 Å². The minimum atomic E-state index is -4.54. The molecule has 31 heavy (non-hydrogen) atoms. The highest BCUT2D eigenvalue weighted by Crippen LogP contribution is 2.34. The molecule has 0 saturated carbocycles. The second kappa shape index (κ2) is 8.60. The number of amides is 1. The third-order valence-electron chi connectivity index (χ3n) is 4.21. The number of ether oxygens (including phenoxy) is 3. The number of halogens is 4. The molecule has 1 saturated heterocycles. The van der Waals surface area contributed by atoms with Crippen LogP contribution < -0.4 is 14.8 Å². The van der Waals surface area contributed by atoms with Crippen LogP contribution in [0.3, 0.4) is 0 Å². The summed E-state index contributed by atoms with van der Waals surface area (Å²) in [5.74, 6) is -0.909. The van der Waals surface area contributed by atoms with Gasteiger partial charge in [0.05, 0.1) is 17.7 Å². The second-order valence-electron chi connectivity index (χ2n) is 6.65. The number of carbonyl (C=O) groups excluding carboxylic acids is 1. The van der Waals surface area contributed by atoms with Crippen LogP contribution in [0.4, 0.5) is 13.2 Å². The summed E-state index contributed by atoms with van der Waals surface area (Å²) >= 11 is 5.79. The molecule has 164 valence electrons. The Morgan fingerprint density at radius 3 is 2.90 bits per heavy atom. The number of hydrogen-bond acceptors (Lipinski definition) is 7. The maximum atomic E-state index is 12.5. The van der Waals surface area contributed by atoms with Crippen LogP contribution in [-0.2, 0) is 4.74 Å². The van der Waals surface area contributed by atoms with E-state index in [0.29, 0.717) is 25.2 Å². The van der Waals surface area contributed by atoms with E-state index in [2.05, 4.69) is 15.3 Å². The first-order chi connectivity index (χ1) is 14.8. The van der Waals surface area contributed by atoms with Gasteiger partial charge in [-0.1, -0.05) is 11.6 Å². The number of benzene rings is 1. The van der Waals surface area contributed by atoms with Gasteiger partial charge in [0, 0.05) is 24.9 Å². The molecule has 4 rings (SSSR count). The lowest BCUT2D eigenvalue weighted by Crippen LogP contribution is -2.35. The lowest BCUT2D eigenvalue weighted by atomic mass is 10.2. The van der Waals surface area contributed by atoms with Crippen molar-refractivity contribution < 1.29 is 36.6 Å². The molecule has 3 aromatic rings. The van der Waals surface area contributed by atoms with Crippen LogP contribution in [0.2, 0.25) is 5.02 Å². The molecule has 3 heterocycles. The van der Waals surface area contributed by atoms with Gasteiger partial charge in [-0.2, -0.15) is 13.2 Å². The van der Waals surface area contributed by atoms with E-state index in [9.17, 15) is 18.0 Å². The lowest BCUT2D eigenvalue weighted by Gasteiger charge is -2.13. The first kappa shape index (κ1) is 21.2. The van der Waals surface area contributed by atoms with E-state index in [-0.39, 0.29) is 39.9 Å². The van der Waals surface area contributed by atoms with Crippen molar-refractivity contribution in [3.63, 3.8) is 0 Å². The van der Waals surface area contributed by atoms with Crippen LogP contribution in [0.15, 0.2) is 34.9 Å². The molecule has 1 aromatic carbocycles. The number of hydrogen-bond donors (Lipinski definition) is 1. The van der Waals surface area contributed by atoms with Crippen molar-refractivity contribution in [1.29, 1.82) is 0 Å². The normalized spacial score (nSPS) is 16.5. The van der Waals surface area contributed by atoms with E-state index < -0.39 is 18.7 Å². The predicted octanol–water partition coefficient (Wildman–Crippen LogP) is 4.13. The van der Waals surface area contributed by atoms with Crippen molar-refractivity contribution >= 4 is 28.6 Å². The fourth-order valence-electron chi connectivity index (χ4n) is 2.82. The minimum Gasteiger partial charge on any atom is -0.478 e. The van der Waals surface area contributed by atoms with Gasteiger partial charge in [0.15, 0.2) is 17.9 Å². The average molecular weight is 458 g/mol. The lowest BCUT2D eigenvalue weighted by molar-refractivity contribution is -0.153. The Morgan fingerprint density at radius 1 is 1.32 bits per heavy atom. The van der Waals surface area contributed by atoms with Crippen molar-refractivity contribution in [2.75, 3.05) is 19.8 Å². The number of nitrogens with zero attached hydrogens (tertiary/aromatic N) is 2. The molecule has 0 radical (unpaired) electrons. The Bertz CT molecular complexity index is 1100. The first-order valence-corrected chi connectivity index (χ1v) is 9.47. The maximum Gasteiger partial charge on any atom is 0.422 e. The van der Waals surface area contributed by atoms with Gasteiger partial charge < -0.3 is 23.9 Å². The molecule has 1 aliphatic heterocycles. The highest BCUT2D eigenvalue weighted by atomic mass is 35.5. The van der Waals surface area contributed by atoms with Gasteiger partial charge in [-0.05, 0) is 18.6 Å². The number of alkyl halides is 3. The summed E-state index contributed by atoms with van der Waals surface area (Å²) in [6.45, 7) is -0.527. The average Bonchev–Trinajstić information content (AvgIpc) is 3.36. The zero-order valence-electron chi connectivity index (χ0n) is 15.7. The Hall–Kier alpha value is -3.05. The number of pyridine rings is 1. The standard InChI is InChI=1S/C19H15ClF3N3O5/c20-10-5-15(29-9-19(21,22)23)17(24-7-10)30-12-1-2-13-14(6-12)31-18(26-13)16(27)25-11-3-4-28-8-11/h1-2,5-7,11H,3-4,8-9H2,(H,25,27)/t11-/m0/s1. The molecule has 0 spiro atoms. The number of rotatable bonds is 6. The monoisotopic (exact) mass is 457 g/mol. The van der Waals surface area contributed by atoms with Gasteiger partial charge in [-0.3, -0.25) is 4.79 Å². The van der Waals surface area contributed by atoms with Crippen LogP contribution in [0.5, 0.6) is 17.4 Å². The Labute approximate surface area is 178 Å². The van der Waals surface area contributed by atoms with E-state index >= 15 is 0 Å². The number of fused-ring (bicyclic) bond motifs is 1. The topological polar surface area (TPSA) is 95.7 Å². The van der Waals surface area contributed by atoms with Gasteiger partial charge in [0.25, 0.3) is 11.8 Å². The van der Waals surface area contributed by atoms with Crippen molar-refractivity contribution in [1.82, 2.24) is 15.3 Å². The fourth-order valence-corrected chi connectivity index (χ4v) is 2.97. The summed E-state index contributed by atoms with van der Waals surface area (Å²) < 4.78 is 58.5. The second-order valence-corrected chi connectivity index (χ2v) is 7.08. The summed E-state index contributed by atoms with van der Waals surface area (Å²) in [6.07, 6.45) is -2.63. The summed E-state index contributed by atoms with van der Waals surface area (Å²) in [5, 5.41) is 2.85. The third kappa shape index (κ3) is 5.36. The molecule has 0 aliphatic carbocycles. The minimum absolute atomic E-state index is 0.0820. The van der Waals surface area contributed by atoms with E-state index in [1.54, 1.807) is 0 Å². The quantitative estimate of drug-likeness (QED) is 0.594. The van der Waals surface area contributed by atoms with Crippen molar-refractivity contribution in [2.24, 2.45) is 0 Å². The Kier molecular flexibility index (Phi) is 5.88. The molecule has 1 aliphatic rings. The molecule has 2 aromatic heterocycles. The molecule has 1 atom stereocenters. The smallest absolute Gasteiger partial charge is 0.422 e. The molecular weight excluding hydrogens is 443 g/mol. The molecule has 12 heteroatoms. The zero-order valence-corrected chi connectivity index (χ0v) is 16.5. The summed E-state index contributed by atoms with van der Waals surface area (Å²) in [5.41, 5.74) is 0.648. The van der Waals surface area contributed by atoms with Crippen LogP contribution in [0.1, 0.15) is 17.1 Å². The maximum absolute atomic E-state index is 12.5. The highest BCUT2D eigenvalue weighted by molar-refractivity contribution is 6.30. The molecule has 8 nitrogen and oxygen atoms in total. The highest BCUT2D eigenvalue weighted by Gasteiger charge is 2.29. The summed E-state index contributed by atoms with van der Waals surface area (Å²) in [4.78, 5) is 20.3. The van der Waals surface area contributed by atoms with Gasteiger partial charge >= 0.3 is 12.1 Å². The third-order valence-corrected chi connectivity index (χ3v) is 4.42. The van der Waals surface area contributed by atoms with Gasteiger partial charge in [-0.15, -0.1) is 0 Å². The predicted molar refractivity (Wildman–Crippen MR) is 102 cm³/mol. The molecule has 1 fully saturated rings. The van der Waals surface area contributed by atoms with Gasteiger partial charge in [0.2, 0.25) is 0 Å². The number of aromatic nitrogens is 2. The van der Waals surface area contributed by atoms with Gasteiger partial charge in [-0.25, -0.2) is 9.97 Å². The largest absolute Gasteiger partial charge is 0.478 e. The number of oxazole rings is 1. The van der Waals surface area contributed by atoms with E-state index in [1.165, 1.54) is 24.4 Å². The number of nitrogens with one attached hydrogen (secondary N) is 1. The molecule has 0 bridgehead atoms. The molecular formula is C19H15ClF3N3O5. The Morgan fingerprint density at radius 2 is 2.16 bits per heavy atom. The van der Waals surface area contributed by atoms with E-state index in [1.807, 2.05) is 0 Å². The van der Waals surface area contributed by atoms with E-state index in [4.69, 9.17) is 30.2 Å². The fraction of sp³-hybridized carbons (Fsp3) is 0.316. The van der Waals surface area contributed by atoms with Gasteiger partial charge in [0.1, 0.15) is 11.3 Å². The first-order valence-electron chi connectivity index (χ1n) is 9.09. The zero-order chi connectivity index (χ0) is 22.0.